The zero-order valence-electron chi connectivity index (χ0n) is 10.2. The Hall–Kier alpha value is -1.06. The van der Waals surface area contributed by atoms with Gasteiger partial charge in [0.05, 0.1) is 0 Å². The summed E-state index contributed by atoms with van der Waals surface area (Å²) in [5.41, 5.74) is 3.12. The van der Waals surface area contributed by atoms with Gasteiger partial charge in [0.2, 0.25) is 5.88 Å². The van der Waals surface area contributed by atoms with Gasteiger partial charge in [0.25, 0.3) is 0 Å². The number of pyridine rings is 1. The van der Waals surface area contributed by atoms with Gasteiger partial charge in [0, 0.05) is 22.6 Å². The van der Waals surface area contributed by atoms with Crippen LogP contribution in [-0.2, 0) is 5.33 Å². The van der Waals surface area contributed by atoms with Crippen LogP contribution in [0.25, 0.3) is 0 Å². The van der Waals surface area contributed by atoms with E-state index >= 15 is 0 Å². The van der Waals surface area contributed by atoms with Gasteiger partial charge in [-0.05, 0) is 42.7 Å². The molecule has 4 heteroatoms. The van der Waals surface area contributed by atoms with Gasteiger partial charge in [-0.25, -0.2) is 4.98 Å². The quantitative estimate of drug-likeness (QED) is 0.737. The average molecular weight is 327 g/mol. The Bertz CT molecular complexity index is 531. The number of aromatic nitrogens is 1. The van der Waals surface area contributed by atoms with Gasteiger partial charge in [0.15, 0.2) is 0 Å². The maximum absolute atomic E-state index is 6.12. The number of alkyl halides is 1. The van der Waals surface area contributed by atoms with Gasteiger partial charge in [-0.15, -0.1) is 0 Å². The topological polar surface area (TPSA) is 22.1 Å². The minimum atomic E-state index is 0.584. The predicted molar refractivity (Wildman–Crippen MR) is 77.9 cm³/mol. The smallest absolute Gasteiger partial charge is 0.219 e. The largest absolute Gasteiger partial charge is 0.439 e. The molecular weight excluding hydrogens is 314 g/mol. The number of hydrogen-bond acceptors (Lipinski definition) is 2. The fraction of sp³-hybridized carbons (Fsp3) is 0.214. The molecule has 0 saturated carbocycles. The second kappa shape index (κ2) is 5.72. The second-order valence-corrected chi connectivity index (χ2v) is 5.05. The summed E-state index contributed by atoms with van der Waals surface area (Å²) < 4.78 is 5.71. The molecule has 1 aromatic carbocycles. The third kappa shape index (κ3) is 3.03. The Morgan fingerprint density at radius 2 is 1.89 bits per heavy atom. The van der Waals surface area contributed by atoms with Crippen LogP contribution < -0.4 is 4.74 Å². The van der Waals surface area contributed by atoms with Crippen LogP contribution in [0.2, 0.25) is 5.02 Å². The Morgan fingerprint density at radius 3 is 2.39 bits per heavy atom. The zero-order chi connectivity index (χ0) is 13.1. The Balaban J connectivity index is 2.23. The van der Waals surface area contributed by atoms with Crippen LogP contribution in [0.1, 0.15) is 16.7 Å². The molecule has 94 valence electrons. The van der Waals surface area contributed by atoms with E-state index in [1.165, 1.54) is 0 Å². The summed E-state index contributed by atoms with van der Waals surface area (Å²) >= 11 is 9.50. The van der Waals surface area contributed by atoms with Crippen molar-refractivity contribution in [2.24, 2.45) is 0 Å². The highest BCUT2D eigenvalue weighted by Gasteiger charge is 2.05. The van der Waals surface area contributed by atoms with E-state index < -0.39 is 0 Å². The van der Waals surface area contributed by atoms with Crippen molar-refractivity contribution in [2.75, 3.05) is 0 Å². The molecule has 2 rings (SSSR count). The van der Waals surface area contributed by atoms with Crippen molar-refractivity contribution in [1.29, 1.82) is 0 Å². The van der Waals surface area contributed by atoms with Crippen LogP contribution in [0.3, 0.4) is 0 Å². The van der Waals surface area contributed by atoms with Gasteiger partial charge in [-0.3, -0.25) is 0 Å². The van der Waals surface area contributed by atoms with Crippen LogP contribution in [0.5, 0.6) is 11.6 Å². The summed E-state index contributed by atoms with van der Waals surface area (Å²) in [5, 5.41) is 1.57. The van der Waals surface area contributed by atoms with Crippen molar-refractivity contribution in [3.8, 4) is 11.6 Å². The van der Waals surface area contributed by atoms with Crippen LogP contribution in [-0.4, -0.2) is 4.98 Å². The molecule has 0 saturated heterocycles. The minimum absolute atomic E-state index is 0.584. The molecule has 2 nitrogen and oxygen atoms in total. The molecule has 1 heterocycles. The molecule has 1 aromatic heterocycles. The number of aryl methyl sites for hydroxylation is 2. The molecule has 0 fully saturated rings. The standard InChI is InChI=1S/C14H13BrClNO/c1-9-5-12(6-10(2)14(9)16)18-13-4-3-11(7-15)8-17-13/h3-6,8H,7H2,1-2H3. The zero-order valence-corrected chi connectivity index (χ0v) is 12.5. The van der Waals surface area contributed by atoms with E-state index in [0.717, 1.165) is 32.8 Å². The Labute approximate surface area is 120 Å². The lowest BCUT2D eigenvalue weighted by Gasteiger charge is -2.09. The van der Waals surface area contributed by atoms with Crippen LogP contribution in [0.4, 0.5) is 0 Å². The molecule has 0 unspecified atom stereocenters. The van der Waals surface area contributed by atoms with E-state index in [4.69, 9.17) is 16.3 Å². The summed E-state index contributed by atoms with van der Waals surface area (Å²) in [5.74, 6) is 1.34. The lowest BCUT2D eigenvalue weighted by Crippen LogP contribution is -1.91. The van der Waals surface area contributed by atoms with Crippen molar-refractivity contribution >= 4 is 27.5 Å². The third-order valence-corrected chi connectivity index (χ3v) is 3.83. The molecule has 18 heavy (non-hydrogen) atoms. The van der Waals surface area contributed by atoms with Gasteiger partial charge in [0.1, 0.15) is 5.75 Å². The molecule has 0 aliphatic carbocycles. The van der Waals surface area contributed by atoms with Gasteiger partial charge < -0.3 is 4.74 Å². The maximum Gasteiger partial charge on any atom is 0.219 e. The molecule has 0 aliphatic rings. The van der Waals surface area contributed by atoms with Crippen LogP contribution in [0.15, 0.2) is 30.5 Å². The van der Waals surface area contributed by atoms with Crippen molar-refractivity contribution in [1.82, 2.24) is 4.98 Å². The number of benzene rings is 1. The fourth-order valence-corrected chi connectivity index (χ4v) is 2.08. The lowest BCUT2D eigenvalue weighted by atomic mass is 10.1. The number of nitrogens with zero attached hydrogens (tertiary/aromatic N) is 1. The first-order valence-corrected chi connectivity index (χ1v) is 7.05. The monoisotopic (exact) mass is 325 g/mol. The van der Waals surface area contributed by atoms with E-state index in [1.54, 1.807) is 6.20 Å². The highest BCUT2D eigenvalue weighted by atomic mass is 79.9. The highest BCUT2D eigenvalue weighted by molar-refractivity contribution is 9.08. The third-order valence-electron chi connectivity index (χ3n) is 2.58. The number of ether oxygens (including phenoxy) is 1. The molecule has 0 radical (unpaired) electrons. The Morgan fingerprint density at radius 1 is 1.22 bits per heavy atom. The van der Waals surface area contributed by atoms with Crippen LogP contribution in [0, 0.1) is 13.8 Å². The van der Waals surface area contributed by atoms with Crippen LogP contribution >= 0.6 is 27.5 Å². The van der Waals surface area contributed by atoms with Gasteiger partial charge in [-0.1, -0.05) is 33.6 Å². The number of rotatable bonds is 3. The van der Waals surface area contributed by atoms with Gasteiger partial charge >= 0.3 is 0 Å². The number of halogens is 2. The fourth-order valence-electron chi connectivity index (χ4n) is 1.64. The Kier molecular flexibility index (Phi) is 4.25. The van der Waals surface area contributed by atoms with E-state index in [1.807, 2.05) is 38.1 Å². The average Bonchev–Trinajstić information content (AvgIpc) is 2.37. The lowest BCUT2D eigenvalue weighted by molar-refractivity contribution is 0.462. The molecule has 2 aromatic rings. The predicted octanol–water partition coefficient (Wildman–Crippen LogP) is 5.04. The summed E-state index contributed by atoms with van der Waals surface area (Å²) in [6.07, 6.45) is 1.79. The van der Waals surface area contributed by atoms with E-state index in [2.05, 4.69) is 20.9 Å². The summed E-state index contributed by atoms with van der Waals surface area (Å²) in [4.78, 5) is 4.24. The molecule has 0 spiro atoms. The number of hydrogen-bond donors (Lipinski definition) is 0. The highest BCUT2D eigenvalue weighted by Crippen LogP contribution is 2.28. The van der Waals surface area contributed by atoms with Crippen molar-refractivity contribution in [3.05, 3.63) is 52.2 Å². The molecule has 0 N–H and O–H groups in total. The van der Waals surface area contributed by atoms with E-state index in [9.17, 15) is 0 Å². The molecule has 0 bridgehead atoms. The van der Waals surface area contributed by atoms with Crippen molar-refractivity contribution in [3.63, 3.8) is 0 Å². The summed E-state index contributed by atoms with van der Waals surface area (Å²) in [6.45, 7) is 3.92. The minimum Gasteiger partial charge on any atom is -0.439 e. The first-order valence-electron chi connectivity index (χ1n) is 5.55. The van der Waals surface area contributed by atoms with Crippen molar-refractivity contribution in [2.45, 2.75) is 19.2 Å². The molecule has 0 aliphatic heterocycles. The summed E-state index contributed by atoms with van der Waals surface area (Å²) in [7, 11) is 0. The first kappa shape index (κ1) is 13.4. The van der Waals surface area contributed by atoms with E-state index in [0.29, 0.717) is 5.88 Å². The van der Waals surface area contributed by atoms with Crippen molar-refractivity contribution < 1.29 is 4.74 Å². The van der Waals surface area contributed by atoms with E-state index in [-0.39, 0.29) is 0 Å². The normalized spacial score (nSPS) is 10.4. The maximum atomic E-state index is 6.12. The summed E-state index contributed by atoms with van der Waals surface area (Å²) in [6, 6.07) is 7.66. The first-order chi connectivity index (χ1) is 8.60. The van der Waals surface area contributed by atoms with Gasteiger partial charge in [-0.2, -0.15) is 0 Å². The SMILES string of the molecule is Cc1cc(Oc2ccc(CBr)cn2)cc(C)c1Cl. The second-order valence-electron chi connectivity index (χ2n) is 4.11. The molecule has 0 amide bonds. The molecular formula is C14H13BrClNO. The molecule has 0 atom stereocenters.